The van der Waals surface area contributed by atoms with Gasteiger partial charge in [0.1, 0.15) is 17.8 Å². The number of phenolic OH excluding ortho intramolecular Hbond substituents is 1. The largest absolute Gasteiger partial charge is 0.507 e. The standard InChI is InChI=1S/C7H7O2P/c8-5-2-1-3-6-7(5)10-4-9-6/h1-3,8,10H,4H2. The maximum absolute atomic E-state index is 9.26. The van der Waals surface area contributed by atoms with Gasteiger partial charge < -0.3 is 9.84 Å². The molecule has 52 valence electrons. The van der Waals surface area contributed by atoms with Gasteiger partial charge in [-0.2, -0.15) is 0 Å². The van der Waals surface area contributed by atoms with E-state index in [-0.39, 0.29) is 0 Å². The highest BCUT2D eigenvalue weighted by Gasteiger charge is 2.14. The molecule has 1 N–H and O–H groups in total. The number of ether oxygens (including phenoxy) is 1. The molecular weight excluding hydrogens is 147 g/mol. The Morgan fingerprint density at radius 1 is 1.50 bits per heavy atom. The summed E-state index contributed by atoms with van der Waals surface area (Å²) in [5.41, 5.74) is 0. The van der Waals surface area contributed by atoms with E-state index in [2.05, 4.69) is 0 Å². The van der Waals surface area contributed by atoms with Gasteiger partial charge in [0.15, 0.2) is 0 Å². The SMILES string of the molecule is Oc1cccc2c1PCO2. The highest BCUT2D eigenvalue weighted by atomic mass is 31.1. The number of rotatable bonds is 0. The molecule has 1 heterocycles. The minimum atomic E-state index is 0.369. The van der Waals surface area contributed by atoms with E-state index in [9.17, 15) is 5.11 Å². The lowest BCUT2D eigenvalue weighted by Gasteiger charge is -1.97. The summed E-state index contributed by atoms with van der Waals surface area (Å²) in [6, 6.07) is 5.37. The fourth-order valence-corrected chi connectivity index (χ4v) is 1.97. The molecule has 0 saturated heterocycles. The zero-order valence-corrected chi connectivity index (χ0v) is 6.29. The third-order valence-electron chi connectivity index (χ3n) is 1.48. The first-order chi connectivity index (χ1) is 4.88. The van der Waals surface area contributed by atoms with Crippen LogP contribution in [-0.2, 0) is 0 Å². The predicted octanol–water partition coefficient (Wildman–Crippen LogP) is 1.05. The summed E-state index contributed by atoms with van der Waals surface area (Å²) >= 11 is 0. The van der Waals surface area contributed by atoms with Crippen molar-refractivity contribution in [2.75, 3.05) is 6.35 Å². The van der Waals surface area contributed by atoms with E-state index in [1.54, 1.807) is 12.1 Å². The van der Waals surface area contributed by atoms with E-state index in [4.69, 9.17) is 4.74 Å². The normalized spacial score (nSPS) is 16.8. The molecule has 2 rings (SSSR count). The average Bonchev–Trinajstić information content (AvgIpc) is 2.36. The van der Waals surface area contributed by atoms with Crippen molar-refractivity contribution < 1.29 is 9.84 Å². The molecule has 0 saturated carbocycles. The summed E-state index contributed by atoms with van der Waals surface area (Å²) in [7, 11) is 0.606. The third-order valence-corrected chi connectivity index (χ3v) is 2.63. The Balaban J connectivity index is 2.59. The Morgan fingerprint density at radius 3 is 3.20 bits per heavy atom. The van der Waals surface area contributed by atoms with Crippen molar-refractivity contribution in [2.24, 2.45) is 0 Å². The summed E-state index contributed by atoms with van der Waals surface area (Å²) in [4.78, 5) is 0. The summed E-state index contributed by atoms with van der Waals surface area (Å²) < 4.78 is 5.23. The van der Waals surface area contributed by atoms with Gasteiger partial charge in [-0.1, -0.05) is 6.07 Å². The van der Waals surface area contributed by atoms with Crippen molar-refractivity contribution in [2.45, 2.75) is 0 Å². The van der Waals surface area contributed by atoms with Crippen LogP contribution in [0, 0.1) is 0 Å². The molecule has 0 radical (unpaired) electrons. The van der Waals surface area contributed by atoms with Crippen LogP contribution in [-0.4, -0.2) is 11.5 Å². The van der Waals surface area contributed by atoms with Gasteiger partial charge in [-0.25, -0.2) is 0 Å². The lowest BCUT2D eigenvalue weighted by Crippen LogP contribution is -1.91. The van der Waals surface area contributed by atoms with E-state index in [1.165, 1.54) is 0 Å². The lowest BCUT2D eigenvalue weighted by molar-refractivity contribution is 0.401. The maximum atomic E-state index is 9.26. The number of fused-ring (bicyclic) bond motifs is 1. The summed E-state index contributed by atoms with van der Waals surface area (Å²) in [6.07, 6.45) is 0.729. The van der Waals surface area contributed by atoms with Crippen LogP contribution in [0.2, 0.25) is 0 Å². The minimum absolute atomic E-state index is 0.369. The van der Waals surface area contributed by atoms with Gasteiger partial charge in [0.2, 0.25) is 0 Å². The van der Waals surface area contributed by atoms with Crippen molar-refractivity contribution in [3.8, 4) is 11.5 Å². The van der Waals surface area contributed by atoms with Crippen LogP contribution in [0.1, 0.15) is 0 Å². The van der Waals surface area contributed by atoms with Crippen molar-refractivity contribution in [1.29, 1.82) is 0 Å². The van der Waals surface area contributed by atoms with Crippen LogP contribution in [0.15, 0.2) is 18.2 Å². The first kappa shape index (κ1) is 5.99. The second-order valence-corrected chi connectivity index (χ2v) is 3.26. The van der Waals surface area contributed by atoms with E-state index in [0.29, 0.717) is 14.3 Å². The first-order valence-electron chi connectivity index (χ1n) is 3.06. The van der Waals surface area contributed by atoms with E-state index in [1.807, 2.05) is 6.07 Å². The van der Waals surface area contributed by atoms with Gasteiger partial charge in [-0.05, 0) is 20.7 Å². The molecule has 1 aromatic carbocycles. The maximum Gasteiger partial charge on any atom is 0.131 e. The summed E-state index contributed by atoms with van der Waals surface area (Å²) in [6.45, 7) is 0. The fourth-order valence-electron chi connectivity index (χ4n) is 1.00. The summed E-state index contributed by atoms with van der Waals surface area (Å²) in [5.74, 6) is 1.21. The smallest absolute Gasteiger partial charge is 0.131 e. The molecule has 0 bridgehead atoms. The molecule has 1 unspecified atom stereocenters. The Labute approximate surface area is 60.6 Å². The number of aromatic hydroxyl groups is 1. The number of hydrogen-bond donors (Lipinski definition) is 1. The van der Waals surface area contributed by atoms with E-state index < -0.39 is 0 Å². The molecule has 3 heteroatoms. The van der Waals surface area contributed by atoms with Crippen LogP contribution < -0.4 is 10.0 Å². The van der Waals surface area contributed by atoms with Gasteiger partial charge in [-0.3, -0.25) is 0 Å². The minimum Gasteiger partial charge on any atom is -0.507 e. The Hall–Kier alpha value is -0.750. The average molecular weight is 154 g/mol. The summed E-state index contributed by atoms with van der Waals surface area (Å²) in [5, 5.41) is 10.2. The van der Waals surface area contributed by atoms with Gasteiger partial charge in [0.05, 0.1) is 5.30 Å². The number of hydrogen-bond acceptors (Lipinski definition) is 2. The lowest BCUT2D eigenvalue weighted by atomic mass is 10.3. The second-order valence-electron chi connectivity index (χ2n) is 2.12. The van der Waals surface area contributed by atoms with Crippen LogP contribution in [0.3, 0.4) is 0 Å². The zero-order valence-electron chi connectivity index (χ0n) is 5.29. The highest BCUT2D eigenvalue weighted by molar-refractivity contribution is 7.48. The Kier molecular flexibility index (Phi) is 1.28. The molecular formula is C7H7O2P. The topological polar surface area (TPSA) is 29.5 Å². The van der Waals surface area contributed by atoms with Gasteiger partial charge in [0.25, 0.3) is 0 Å². The predicted molar refractivity (Wildman–Crippen MR) is 41.6 cm³/mol. The van der Waals surface area contributed by atoms with Crippen molar-refractivity contribution >= 4 is 13.9 Å². The van der Waals surface area contributed by atoms with Crippen molar-refractivity contribution in [3.05, 3.63) is 18.2 Å². The molecule has 1 aliphatic rings. The Bertz CT molecular complexity index is 260. The highest BCUT2D eigenvalue weighted by Crippen LogP contribution is 2.31. The number of phenols is 1. The number of benzene rings is 1. The first-order valence-corrected chi connectivity index (χ1v) is 4.27. The van der Waals surface area contributed by atoms with Gasteiger partial charge in [-0.15, -0.1) is 0 Å². The molecule has 0 aromatic heterocycles. The van der Waals surface area contributed by atoms with Crippen LogP contribution in [0.25, 0.3) is 0 Å². The van der Waals surface area contributed by atoms with Gasteiger partial charge in [0, 0.05) is 0 Å². The third kappa shape index (κ3) is 0.764. The quantitative estimate of drug-likeness (QED) is 0.566. The van der Waals surface area contributed by atoms with Crippen LogP contribution in [0.5, 0.6) is 11.5 Å². The molecule has 1 aromatic rings. The fraction of sp³-hybridized carbons (Fsp3) is 0.143. The molecule has 0 spiro atoms. The molecule has 0 aliphatic carbocycles. The molecule has 10 heavy (non-hydrogen) atoms. The second kappa shape index (κ2) is 2.14. The van der Waals surface area contributed by atoms with Crippen molar-refractivity contribution in [3.63, 3.8) is 0 Å². The monoisotopic (exact) mass is 154 g/mol. The van der Waals surface area contributed by atoms with Crippen LogP contribution in [0.4, 0.5) is 0 Å². The molecule has 0 amide bonds. The van der Waals surface area contributed by atoms with E-state index >= 15 is 0 Å². The van der Waals surface area contributed by atoms with E-state index in [0.717, 1.165) is 17.4 Å². The molecule has 1 atom stereocenters. The van der Waals surface area contributed by atoms with Crippen molar-refractivity contribution in [1.82, 2.24) is 0 Å². The Morgan fingerprint density at radius 2 is 2.40 bits per heavy atom. The van der Waals surface area contributed by atoms with Gasteiger partial charge >= 0.3 is 0 Å². The molecule has 1 aliphatic heterocycles. The molecule has 2 nitrogen and oxygen atoms in total. The molecule has 0 fully saturated rings. The zero-order chi connectivity index (χ0) is 6.97. The van der Waals surface area contributed by atoms with Crippen LogP contribution >= 0.6 is 8.58 Å².